The van der Waals surface area contributed by atoms with Crippen LogP contribution >= 0.6 is 0 Å². The Labute approximate surface area is 835 Å². The summed E-state index contributed by atoms with van der Waals surface area (Å²) in [5, 5.41) is 114. The van der Waals surface area contributed by atoms with Gasteiger partial charge in [-0.3, -0.25) is 19.2 Å². The predicted molar refractivity (Wildman–Crippen MR) is 537 cm³/mol. The van der Waals surface area contributed by atoms with Gasteiger partial charge in [0.05, 0.1) is 81.4 Å². The molecule has 794 valence electrons. The van der Waals surface area contributed by atoms with Gasteiger partial charge < -0.3 is 113 Å². The molecule has 34 atom stereocenters. The molecule has 4 unspecified atom stereocenters. The van der Waals surface area contributed by atoms with E-state index in [4.69, 9.17) is 52.1 Å². The smallest absolute Gasteiger partial charge is 0.329 e. The fourth-order valence-electron chi connectivity index (χ4n) is 21.7. The van der Waals surface area contributed by atoms with Crippen molar-refractivity contribution >= 4 is 35.3 Å². The van der Waals surface area contributed by atoms with Crippen LogP contribution in [0.4, 0.5) is 0 Å². The zero-order valence-electron chi connectivity index (χ0n) is 88.3. The number of carbonyl (C=O) groups is 6. The highest BCUT2D eigenvalue weighted by Gasteiger charge is 2.56. The monoisotopic (exact) mass is 1970 g/mol. The molecule has 10 N–H and O–H groups in total. The predicted octanol–water partition coefficient (Wildman–Crippen LogP) is 14.2. The van der Waals surface area contributed by atoms with Crippen molar-refractivity contribution in [1.82, 2.24) is 9.80 Å². The van der Waals surface area contributed by atoms with E-state index in [0.717, 1.165) is 41.1 Å². The molecule has 0 aromatic heterocycles. The summed E-state index contributed by atoms with van der Waals surface area (Å²) in [6.07, 6.45) is 22.5. The lowest BCUT2D eigenvalue weighted by Crippen LogP contribution is -2.61. The molecule has 6 heterocycles. The molecule has 4 saturated heterocycles. The maximum atomic E-state index is 14.4. The Bertz CT molecular complexity index is 4270. The number of piperidine rings is 2. The van der Waals surface area contributed by atoms with Gasteiger partial charge in [0.25, 0.3) is 23.4 Å². The van der Waals surface area contributed by atoms with E-state index >= 15 is 0 Å². The largest absolute Gasteiger partial charge is 0.497 e. The summed E-state index contributed by atoms with van der Waals surface area (Å²) >= 11 is 0. The molecule has 1 aromatic carbocycles. The molecule has 1 aromatic rings. The lowest BCUT2D eigenvalue weighted by Gasteiger charge is -2.43. The van der Waals surface area contributed by atoms with E-state index in [2.05, 4.69) is 26.8 Å². The van der Waals surface area contributed by atoms with Gasteiger partial charge in [-0.1, -0.05) is 161 Å². The van der Waals surface area contributed by atoms with Crippen LogP contribution in [0.3, 0.4) is 0 Å². The number of hydrogen-bond donors (Lipinski definition) is 10. The molecule has 29 nitrogen and oxygen atoms in total. The van der Waals surface area contributed by atoms with Gasteiger partial charge in [-0.15, -0.1) is 0 Å². The van der Waals surface area contributed by atoms with Gasteiger partial charge in [-0.25, -0.2) is 9.59 Å². The quantitative estimate of drug-likeness (QED) is 0.0498. The maximum absolute atomic E-state index is 14.4. The molecule has 0 spiro atoms. The van der Waals surface area contributed by atoms with E-state index in [1.807, 2.05) is 135 Å². The number of fused-ring (bicyclic) bond motifs is 6. The Hall–Kier alpha value is -6.72. The minimum Gasteiger partial charge on any atom is -0.497 e. The molecular formula is C111H178N2O27. The first-order valence-corrected chi connectivity index (χ1v) is 51.8. The number of nitrogens with zero attached hydrogens (tertiary/aromatic N) is 2. The second-order valence-electron chi connectivity index (χ2n) is 42.5. The lowest BCUT2D eigenvalue weighted by molar-refractivity contribution is -0.265. The van der Waals surface area contributed by atoms with E-state index in [1.54, 1.807) is 75.4 Å². The highest BCUT2D eigenvalue weighted by atomic mass is 16.6. The van der Waals surface area contributed by atoms with Crippen LogP contribution in [-0.4, -0.2) is 286 Å². The molecule has 0 radical (unpaired) electrons. The van der Waals surface area contributed by atoms with Crippen molar-refractivity contribution in [2.75, 3.05) is 62.9 Å². The first-order chi connectivity index (χ1) is 66.2. The summed E-state index contributed by atoms with van der Waals surface area (Å²) in [6, 6.07) is 3.57. The number of amides is 2. The molecule has 2 aliphatic carbocycles. The molecule has 140 heavy (non-hydrogen) atoms. The normalized spacial score (nSPS) is 39.7. The third kappa shape index (κ3) is 33.9. The van der Waals surface area contributed by atoms with Crippen LogP contribution in [0.5, 0.6) is 11.5 Å². The summed E-state index contributed by atoms with van der Waals surface area (Å²) in [6.45, 7) is 30.7. The second-order valence-corrected chi connectivity index (χ2v) is 42.5. The van der Waals surface area contributed by atoms with Gasteiger partial charge >= 0.3 is 11.9 Å². The van der Waals surface area contributed by atoms with Crippen LogP contribution in [0.1, 0.15) is 264 Å². The topological polar surface area (TPSA) is 413 Å². The van der Waals surface area contributed by atoms with E-state index in [9.17, 15) is 79.8 Å². The number of esters is 2. The number of methoxy groups -OCH3 is 7. The summed E-state index contributed by atoms with van der Waals surface area (Å²) in [5.74, 6) is -11.4. The van der Waals surface area contributed by atoms with Crippen molar-refractivity contribution in [1.29, 1.82) is 0 Å². The third-order valence-electron chi connectivity index (χ3n) is 31.5. The molecule has 6 aliphatic heterocycles. The SMILES string of the molecule is CO[C@H]1[C@@H](O)[C@H](C)C[C@H](C)/C=C/C=C/C=C(\C)[C@@H](C)C[C@@H]2CC[C@@H](C)[C@@](O)(O2)C(=O)C(=O)N2CCCCC2C(=O)O[C@H]([C@H](C)CC2CC[C@@H](O)[C@H](OC)C2)C[C@H](O)[C@H](C)/C=C(\C)[C@H]1O.CO[C@H]1[C@@H](O)[C@H](C)C[C@H](C)/C=C/C=CC=C(C)[C@@H](OC)C[C@@H]2CC[C@@H](C)[C@@](O)(O2)C(=O)C(=O)N2CCCCC2C(=O)O[C@H]([C@H](C)CC2CC[C@@H](O)[C@H](OC)C2)C[C@H](O)[C@H](C)/C=C(\C)[C@H]1O.COc1ccc(C)c(OC)c1. The first kappa shape index (κ1) is 120. The van der Waals surface area contributed by atoms with Crippen LogP contribution in [0.2, 0.25) is 0 Å². The van der Waals surface area contributed by atoms with Gasteiger partial charge in [-0.2, -0.15) is 0 Å². The number of aliphatic hydroxyl groups is 10. The van der Waals surface area contributed by atoms with Crippen molar-refractivity contribution in [3.63, 3.8) is 0 Å². The average Bonchev–Trinajstić information content (AvgIpc) is 0.773. The summed E-state index contributed by atoms with van der Waals surface area (Å²) in [5.41, 5.74) is 4.12. The van der Waals surface area contributed by atoms with Crippen molar-refractivity contribution in [2.24, 2.45) is 76.9 Å². The van der Waals surface area contributed by atoms with Gasteiger partial charge in [-0.05, 0) is 251 Å². The van der Waals surface area contributed by atoms with Crippen LogP contribution < -0.4 is 9.47 Å². The minimum atomic E-state index is -2.41. The highest BCUT2D eigenvalue weighted by molar-refractivity contribution is 6.39. The number of carbonyl (C=O) groups excluding carboxylic acids is 6. The highest BCUT2D eigenvalue weighted by Crippen LogP contribution is 2.43. The van der Waals surface area contributed by atoms with E-state index < -0.39 is 174 Å². The minimum absolute atomic E-state index is 0.0359. The lowest BCUT2D eigenvalue weighted by atomic mass is 9.78. The number of aliphatic hydroxyl groups excluding tert-OH is 8. The molecule has 2 saturated carbocycles. The molecule has 4 bridgehead atoms. The van der Waals surface area contributed by atoms with Crippen molar-refractivity contribution in [3.8, 4) is 11.5 Å². The van der Waals surface area contributed by atoms with E-state index in [-0.39, 0.29) is 104 Å². The van der Waals surface area contributed by atoms with Crippen molar-refractivity contribution < 1.29 is 132 Å². The average molecular weight is 1970 g/mol. The van der Waals surface area contributed by atoms with Crippen LogP contribution in [0.25, 0.3) is 0 Å². The Morgan fingerprint density at radius 3 is 1.24 bits per heavy atom. The summed E-state index contributed by atoms with van der Waals surface area (Å²) in [7, 11) is 11.0. The fourth-order valence-corrected chi connectivity index (χ4v) is 21.7. The number of cyclic esters (lactones) is 2. The molecule has 9 rings (SSSR count). The van der Waals surface area contributed by atoms with Gasteiger partial charge in [0.2, 0.25) is 11.6 Å². The fraction of sp³-hybridized carbons (Fsp3) is 0.748. The molecular weight excluding hydrogens is 1790 g/mol. The Morgan fingerprint density at radius 1 is 0.429 bits per heavy atom. The standard InChI is InChI=1S/C51H83NO13.C51H83NO12.C9H12O2/c1-30-16-12-11-13-17-31(2)42(61-8)28-38-21-19-36(7)51(60,65-38)48(57)49(58)52-23-15-14-18-39(52)50(59)64-43(33(4)26-37-20-22-40(53)44(27-37)62-9)29-41(54)32(3)25-35(6)46(56)47(63-10)45(55)34(5)24-30;1-30-16-12-11-13-17-31(2)32(3)27-39-21-19-37(8)51(60,64-39)48(57)49(58)52-23-15-14-18-40(52)50(59)63-43(34(5)26-38-20-22-41(53)44(28-38)61-9)29-42(54)33(4)25-36(7)46(56)47(62-10)45(55)35(6)24-30;1-7-4-5-8(10-2)6-9(7)11-3/h11-13,16-17,25,30,32-34,36-47,53-56,60H,14-15,18-24,26-29H2,1-10H3;11-13,16-17,25,30,32-35,37-47,53-56,60H,14-15,18-24,26-29H2,1-10H3;4-6H,1-3H3/b13-11?,16-12+,31-17?,35-25+;13-11+,16-12+,31-17+,36-25+;/t30-,32-,33-,34-,36-,37?,38+,39?,40-,41+,42+,43+,44-,45+,46-,47+,51-;30-,32+,33-,34-,35-,37-,38?,39+,40?,41-,42+,43+,44-,45+,46-,47+,51-;/m11./s1. The zero-order chi connectivity index (χ0) is 104. The number of benzene rings is 1. The molecule has 2 amide bonds. The third-order valence-corrected chi connectivity index (χ3v) is 31.5. The number of ketones is 2. The number of aryl methyl sites for hydroxylation is 1. The molecule has 6 fully saturated rings. The van der Waals surface area contributed by atoms with Crippen LogP contribution in [0, 0.1) is 83.9 Å². The molecule has 29 heteroatoms. The van der Waals surface area contributed by atoms with Crippen LogP contribution in [-0.2, 0) is 71.4 Å². The van der Waals surface area contributed by atoms with E-state index in [0.29, 0.717) is 127 Å². The summed E-state index contributed by atoms with van der Waals surface area (Å²) in [4.78, 5) is 88.1. The Balaban J connectivity index is 0.000000342. The summed E-state index contributed by atoms with van der Waals surface area (Å²) < 4.78 is 63.5. The van der Waals surface area contributed by atoms with Gasteiger partial charge in [0, 0.05) is 97.6 Å². The first-order valence-electron chi connectivity index (χ1n) is 51.8. The van der Waals surface area contributed by atoms with Crippen molar-refractivity contribution in [2.45, 2.75) is 392 Å². The number of rotatable bonds is 13. The maximum Gasteiger partial charge on any atom is 0.329 e. The Morgan fingerprint density at radius 2 is 0.843 bits per heavy atom. The van der Waals surface area contributed by atoms with Gasteiger partial charge in [0.15, 0.2) is 0 Å². The number of Topliss-reactive ketones (excluding diaryl/α,β-unsaturated/α-hetero) is 2. The Kier molecular flexibility index (Phi) is 49.8. The van der Waals surface area contributed by atoms with E-state index in [1.165, 1.54) is 24.0 Å². The molecule has 8 aliphatic rings. The zero-order valence-corrected chi connectivity index (χ0v) is 88.3. The number of allylic oxidation sites excluding steroid dienone is 11. The second kappa shape index (κ2) is 58.0. The van der Waals surface area contributed by atoms with Crippen molar-refractivity contribution in [3.05, 3.63) is 119 Å². The van der Waals surface area contributed by atoms with Crippen LogP contribution in [0.15, 0.2) is 113 Å². The number of hydrogen-bond acceptors (Lipinski definition) is 27. The van der Waals surface area contributed by atoms with Gasteiger partial charge in [0.1, 0.15) is 60.2 Å². The number of ether oxygens (including phenoxy) is 11.